The van der Waals surface area contributed by atoms with Crippen LogP contribution in [0.15, 0.2) is 48.8 Å². The van der Waals surface area contributed by atoms with E-state index in [9.17, 15) is 0 Å². The highest BCUT2D eigenvalue weighted by Crippen LogP contribution is 2.15. The molecule has 0 fully saturated rings. The zero-order valence-corrected chi connectivity index (χ0v) is 10.3. The van der Waals surface area contributed by atoms with Gasteiger partial charge < -0.3 is 10.6 Å². The number of anilines is 1. The number of nitrogens with two attached hydrogens (primary N) is 1. The number of pyridine rings is 1. The van der Waals surface area contributed by atoms with Crippen LogP contribution in [0, 0.1) is 5.41 Å². The van der Waals surface area contributed by atoms with Gasteiger partial charge in [0.15, 0.2) is 0 Å². The SMILES string of the molecule is CN(Cc1cccnc1)c1ccc(C(=N)N)cc1. The van der Waals surface area contributed by atoms with E-state index in [1.165, 1.54) is 0 Å². The summed E-state index contributed by atoms with van der Waals surface area (Å²) in [6, 6.07) is 11.6. The molecule has 92 valence electrons. The van der Waals surface area contributed by atoms with E-state index < -0.39 is 0 Å². The van der Waals surface area contributed by atoms with Crippen LogP contribution in [0.3, 0.4) is 0 Å². The van der Waals surface area contributed by atoms with Crippen LogP contribution in [0.25, 0.3) is 0 Å². The number of aromatic nitrogens is 1. The summed E-state index contributed by atoms with van der Waals surface area (Å²) >= 11 is 0. The summed E-state index contributed by atoms with van der Waals surface area (Å²) in [5, 5.41) is 7.35. The van der Waals surface area contributed by atoms with E-state index in [1.807, 2.05) is 49.6 Å². The van der Waals surface area contributed by atoms with Gasteiger partial charge in [0.05, 0.1) is 0 Å². The molecule has 0 aliphatic heterocycles. The van der Waals surface area contributed by atoms with Crippen molar-refractivity contribution in [2.45, 2.75) is 6.54 Å². The summed E-state index contributed by atoms with van der Waals surface area (Å²) in [5.41, 5.74) is 8.42. The van der Waals surface area contributed by atoms with Crippen LogP contribution >= 0.6 is 0 Å². The molecule has 0 spiro atoms. The number of benzene rings is 1. The number of nitrogens with one attached hydrogen (secondary N) is 1. The van der Waals surface area contributed by atoms with Crippen LogP contribution in [0.2, 0.25) is 0 Å². The second-order valence-corrected chi connectivity index (χ2v) is 4.18. The Balaban J connectivity index is 2.09. The van der Waals surface area contributed by atoms with Gasteiger partial charge in [-0.25, -0.2) is 0 Å². The highest BCUT2D eigenvalue weighted by Gasteiger charge is 2.03. The minimum Gasteiger partial charge on any atom is -0.384 e. The van der Waals surface area contributed by atoms with Gasteiger partial charge >= 0.3 is 0 Å². The predicted octanol–water partition coefficient (Wildman–Crippen LogP) is 2.00. The van der Waals surface area contributed by atoms with E-state index in [0.29, 0.717) is 0 Å². The van der Waals surface area contributed by atoms with Crippen LogP contribution in [-0.4, -0.2) is 17.9 Å². The Morgan fingerprint density at radius 2 is 2.00 bits per heavy atom. The first-order valence-electron chi connectivity index (χ1n) is 5.71. The molecule has 2 aromatic rings. The topological polar surface area (TPSA) is 66.0 Å². The molecule has 4 heteroatoms. The van der Waals surface area contributed by atoms with Crippen molar-refractivity contribution in [3.8, 4) is 0 Å². The third kappa shape index (κ3) is 2.85. The third-order valence-electron chi connectivity index (χ3n) is 2.76. The number of nitrogens with zero attached hydrogens (tertiary/aromatic N) is 2. The van der Waals surface area contributed by atoms with Crippen molar-refractivity contribution in [1.29, 1.82) is 5.41 Å². The van der Waals surface area contributed by atoms with Crippen molar-refractivity contribution in [2.24, 2.45) is 5.73 Å². The summed E-state index contributed by atoms with van der Waals surface area (Å²) < 4.78 is 0. The Morgan fingerprint density at radius 3 is 2.56 bits per heavy atom. The molecule has 0 saturated carbocycles. The maximum Gasteiger partial charge on any atom is 0.122 e. The number of nitrogen functional groups attached to an aromatic ring is 1. The van der Waals surface area contributed by atoms with Crippen molar-refractivity contribution >= 4 is 11.5 Å². The van der Waals surface area contributed by atoms with Gasteiger partial charge in [0.1, 0.15) is 5.84 Å². The standard InChI is InChI=1S/C14H16N4/c1-18(10-11-3-2-8-17-9-11)13-6-4-12(5-7-13)14(15)16/h2-9H,10H2,1H3,(H3,15,16). The first-order chi connectivity index (χ1) is 8.66. The van der Waals surface area contributed by atoms with Gasteiger partial charge in [-0.05, 0) is 35.9 Å². The molecule has 0 saturated heterocycles. The molecule has 0 aliphatic carbocycles. The van der Waals surface area contributed by atoms with Gasteiger partial charge in [0.2, 0.25) is 0 Å². The van der Waals surface area contributed by atoms with Crippen molar-refractivity contribution in [2.75, 3.05) is 11.9 Å². The molecular formula is C14H16N4. The minimum absolute atomic E-state index is 0.0939. The Hall–Kier alpha value is -2.36. The second-order valence-electron chi connectivity index (χ2n) is 4.18. The van der Waals surface area contributed by atoms with Crippen molar-refractivity contribution in [1.82, 2.24) is 4.98 Å². The third-order valence-corrected chi connectivity index (χ3v) is 2.76. The molecule has 3 N–H and O–H groups in total. The van der Waals surface area contributed by atoms with Gasteiger partial charge in [-0.2, -0.15) is 0 Å². The van der Waals surface area contributed by atoms with E-state index in [0.717, 1.165) is 23.4 Å². The quantitative estimate of drug-likeness (QED) is 0.634. The highest BCUT2D eigenvalue weighted by atomic mass is 15.1. The summed E-state index contributed by atoms with van der Waals surface area (Å²) in [6.07, 6.45) is 3.63. The Morgan fingerprint density at radius 1 is 1.28 bits per heavy atom. The Kier molecular flexibility index (Phi) is 3.57. The van der Waals surface area contributed by atoms with E-state index >= 15 is 0 Å². The molecule has 2 rings (SSSR count). The zero-order valence-electron chi connectivity index (χ0n) is 10.3. The molecule has 0 atom stereocenters. The predicted molar refractivity (Wildman–Crippen MR) is 73.8 cm³/mol. The van der Waals surface area contributed by atoms with Crippen LogP contribution in [-0.2, 0) is 6.54 Å². The lowest BCUT2D eigenvalue weighted by Gasteiger charge is -2.19. The molecule has 0 radical (unpaired) electrons. The maximum absolute atomic E-state index is 7.35. The zero-order chi connectivity index (χ0) is 13.0. The summed E-state index contributed by atoms with van der Waals surface area (Å²) in [6.45, 7) is 0.799. The fourth-order valence-electron chi connectivity index (χ4n) is 1.75. The van der Waals surface area contributed by atoms with Crippen LogP contribution in [0.1, 0.15) is 11.1 Å². The molecule has 1 aromatic heterocycles. The van der Waals surface area contributed by atoms with Crippen molar-refractivity contribution < 1.29 is 0 Å². The van der Waals surface area contributed by atoms with E-state index in [-0.39, 0.29) is 5.84 Å². The molecule has 18 heavy (non-hydrogen) atoms. The fourth-order valence-corrected chi connectivity index (χ4v) is 1.75. The lowest BCUT2D eigenvalue weighted by atomic mass is 10.1. The van der Waals surface area contributed by atoms with Crippen LogP contribution < -0.4 is 10.6 Å². The highest BCUT2D eigenvalue weighted by molar-refractivity contribution is 5.95. The van der Waals surface area contributed by atoms with E-state index in [1.54, 1.807) is 6.20 Å². The van der Waals surface area contributed by atoms with Crippen molar-refractivity contribution in [3.05, 3.63) is 59.9 Å². The molecule has 0 unspecified atom stereocenters. The molecule has 0 bridgehead atoms. The minimum atomic E-state index is 0.0939. The van der Waals surface area contributed by atoms with Gasteiger partial charge in [-0.1, -0.05) is 6.07 Å². The summed E-state index contributed by atoms with van der Waals surface area (Å²) in [5.74, 6) is 0.0939. The molecule has 0 aliphatic rings. The molecule has 1 heterocycles. The molecule has 4 nitrogen and oxygen atoms in total. The monoisotopic (exact) mass is 240 g/mol. The van der Waals surface area contributed by atoms with Crippen molar-refractivity contribution in [3.63, 3.8) is 0 Å². The van der Waals surface area contributed by atoms with Gasteiger partial charge in [-0.3, -0.25) is 10.4 Å². The average molecular weight is 240 g/mol. The summed E-state index contributed by atoms with van der Waals surface area (Å²) in [7, 11) is 2.02. The van der Waals surface area contributed by atoms with Crippen LogP contribution in [0.5, 0.6) is 0 Å². The fraction of sp³-hybridized carbons (Fsp3) is 0.143. The average Bonchev–Trinajstić information content (AvgIpc) is 2.40. The number of hydrogen-bond acceptors (Lipinski definition) is 3. The van der Waals surface area contributed by atoms with E-state index in [4.69, 9.17) is 11.1 Å². The maximum atomic E-state index is 7.35. The number of hydrogen-bond donors (Lipinski definition) is 2. The normalized spacial score (nSPS) is 10.1. The Bertz CT molecular complexity index is 519. The van der Waals surface area contributed by atoms with Gasteiger partial charge in [-0.15, -0.1) is 0 Å². The second kappa shape index (κ2) is 5.31. The lowest BCUT2D eigenvalue weighted by Crippen LogP contribution is -2.17. The van der Waals surface area contributed by atoms with Gasteiger partial charge in [0.25, 0.3) is 0 Å². The number of rotatable bonds is 4. The smallest absolute Gasteiger partial charge is 0.122 e. The molecule has 0 amide bonds. The number of amidine groups is 1. The first-order valence-corrected chi connectivity index (χ1v) is 5.71. The largest absolute Gasteiger partial charge is 0.384 e. The molecule has 1 aromatic carbocycles. The Labute approximate surface area is 107 Å². The molecular weight excluding hydrogens is 224 g/mol. The lowest BCUT2D eigenvalue weighted by molar-refractivity contribution is 0.915. The summed E-state index contributed by atoms with van der Waals surface area (Å²) in [4.78, 5) is 6.22. The van der Waals surface area contributed by atoms with Crippen LogP contribution in [0.4, 0.5) is 5.69 Å². The first kappa shape index (κ1) is 12.1. The van der Waals surface area contributed by atoms with Gasteiger partial charge in [0, 0.05) is 37.2 Å². The van der Waals surface area contributed by atoms with E-state index in [2.05, 4.69) is 9.88 Å².